The second kappa shape index (κ2) is 14.3. The monoisotopic (exact) mass is 512 g/mol. The number of ketones is 1. The third-order valence-corrected chi connectivity index (χ3v) is 6.36. The molecule has 0 atom stereocenters. The summed E-state index contributed by atoms with van der Waals surface area (Å²) in [5.74, 6) is 0.0528. The van der Waals surface area contributed by atoms with Crippen LogP contribution < -0.4 is 14.2 Å². The van der Waals surface area contributed by atoms with Crippen LogP contribution in [0.15, 0.2) is 30.3 Å². The van der Waals surface area contributed by atoms with Crippen LogP contribution in [-0.2, 0) is 28.9 Å². The molecule has 1 heterocycles. The van der Waals surface area contributed by atoms with E-state index in [-0.39, 0.29) is 12.2 Å². The van der Waals surface area contributed by atoms with E-state index in [0.29, 0.717) is 43.1 Å². The Bertz CT molecular complexity index is 1090. The molecule has 8 nitrogen and oxygen atoms in total. The summed E-state index contributed by atoms with van der Waals surface area (Å²) in [7, 11) is 0. The minimum atomic E-state index is -1.07. The molecule has 0 spiro atoms. The number of aliphatic carboxylic acids is 2. The molecule has 1 aliphatic heterocycles. The number of carbonyl (C=O) groups is 3. The lowest BCUT2D eigenvalue weighted by molar-refractivity contribution is -0.139. The SMILES string of the molecule is CCCc1c(OCCCCCCc2cccc(OCC(=O)O)c2CCC(=O)O)ccc2c1OCCC2=O. The van der Waals surface area contributed by atoms with Crippen LogP contribution in [-0.4, -0.2) is 47.8 Å². The second-order valence-electron chi connectivity index (χ2n) is 9.17. The van der Waals surface area contributed by atoms with Gasteiger partial charge in [0, 0.05) is 18.4 Å². The Morgan fingerprint density at radius 2 is 1.68 bits per heavy atom. The first-order chi connectivity index (χ1) is 17.9. The fraction of sp³-hybridized carbons (Fsp3) is 0.483. The van der Waals surface area contributed by atoms with E-state index in [1.54, 1.807) is 6.07 Å². The number of unbranched alkanes of at least 4 members (excludes halogenated alkanes) is 3. The first kappa shape index (κ1) is 28.0. The number of ether oxygens (including phenoxy) is 3. The van der Waals surface area contributed by atoms with Gasteiger partial charge in [-0.25, -0.2) is 4.79 Å². The fourth-order valence-electron chi connectivity index (χ4n) is 4.59. The molecule has 2 N–H and O–H groups in total. The van der Waals surface area contributed by atoms with Crippen LogP contribution >= 0.6 is 0 Å². The van der Waals surface area contributed by atoms with Gasteiger partial charge < -0.3 is 24.4 Å². The van der Waals surface area contributed by atoms with E-state index >= 15 is 0 Å². The first-order valence-electron chi connectivity index (χ1n) is 13.0. The maximum absolute atomic E-state index is 12.2. The average Bonchev–Trinajstić information content (AvgIpc) is 2.87. The van der Waals surface area contributed by atoms with Crippen molar-refractivity contribution in [1.82, 2.24) is 0 Å². The van der Waals surface area contributed by atoms with Gasteiger partial charge in [-0.05, 0) is 61.4 Å². The van der Waals surface area contributed by atoms with E-state index < -0.39 is 18.5 Å². The molecule has 0 aromatic heterocycles. The van der Waals surface area contributed by atoms with Crippen molar-refractivity contribution in [3.05, 3.63) is 52.6 Å². The third kappa shape index (κ3) is 8.23. The molecule has 0 amide bonds. The van der Waals surface area contributed by atoms with Gasteiger partial charge in [0.25, 0.3) is 0 Å². The summed E-state index contributed by atoms with van der Waals surface area (Å²) >= 11 is 0. The number of aryl methyl sites for hydroxylation is 1. The lowest BCUT2D eigenvalue weighted by atomic mass is 9.97. The zero-order valence-corrected chi connectivity index (χ0v) is 21.4. The normalized spacial score (nSPS) is 12.5. The van der Waals surface area contributed by atoms with E-state index in [9.17, 15) is 14.4 Å². The minimum absolute atomic E-state index is 0.0420. The van der Waals surface area contributed by atoms with Crippen molar-refractivity contribution in [2.24, 2.45) is 0 Å². The Kier molecular flexibility index (Phi) is 10.8. The predicted octanol–water partition coefficient (Wildman–Crippen LogP) is 5.27. The topological polar surface area (TPSA) is 119 Å². The van der Waals surface area contributed by atoms with Gasteiger partial charge in [-0.2, -0.15) is 0 Å². The summed E-state index contributed by atoms with van der Waals surface area (Å²) in [4.78, 5) is 34.2. The molecular formula is C29H36O8. The van der Waals surface area contributed by atoms with Gasteiger partial charge in [0.1, 0.15) is 17.2 Å². The molecule has 0 bridgehead atoms. The summed E-state index contributed by atoms with van der Waals surface area (Å²) < 4.78 is 17.3. The van der Waals surface area contributed by atoms with Gasteiger partial charge in [-0.15, -0.1) is 0 Å². The molecule has 0 radical (unpaired) electrons. The van der Waals surface area contributed by atoms with Crippen LogP contribution in [0.25, 0.3) is 0 Å². The zero-order valence-electron chi connectivity index (χ0n) is 21.4. The number of Topliss-reactive ketones (excluding diaryl/α,β-unsaturated/α-hetero) is 1. The molecule has 1 aliphatic rings. The molecule has 0 unspecified atom stereocenters. The highest BCUT2D eigenvalue weighted by atomic mass is 16.5. The molecule has 3 rings (SSSR count). The number of hydrogen-bond donors (Lipinski definition) is 2. The molecule has 8 heteroatoms. The largest absolute Gasteiger partial charge is 0.493 e. The number of carbonyl (C=O) groups excluding carboxylic acids is 1. The smallest absolute Gasteiger partial charge is 0.341 e. The van der Waals surface area contributed by atoms with Gasteiger partial charge in [0.05, 0.1) is 18.8 Å². The van der Waals surface area contributed by atoms with Crippen molar-refractivity contribution in [2.75, 3.05) is 19.8 Å². The van der Waals surface area contributed by atoms with Crippen LogP contribution in [0.1, 0.15) is 78.9 Å². The van der Waals surface area contributed by atoms with Crippen LogP contribution in [0.3, 0.4) is 0 Å². The maximum Gasteiger partial charge on any atom is 0.341 e. The molecule has 200 valence electrons. The Balaban J connectivity index is 1.49. The van der Waals surface area contributed by atoms with Crippen molar-refractivity contribution in [3.63, 3.8) is 0 Å². The Morgan fingerprint density at radius 3 is 2.43 bits per heavy atom. The van der Waals surface area contributed by atoms with E-state index in [0.717, 1.165) is 67.4 Å². The standard InChI is InChI=1S/C29H36O8/c1-2-8-23-26(14-12-22-24(30)16-18-36-29(22)23)35-17-6-4-3-5-9-20-10-7-11-25(37-19-28(33)34)21(20)13-15-27(31)32/h7,10-12,14H,2-6,8-9,13,15-19H2,1H3,(H,31,32)(H,33,34). The predicted molar refractivity (Wildman–Crippen MR) is 138 cm³/mol. The number of carboxylic acids is 2. The number of rotatable bonds is 16. The summed E-state index contributed by atoms with van der Waals surface area (Å²) in [5, 5.41) is 18.0. The van der Waals surface area contributed by atoms with Crippen molar-refractivity contribution in [1.29, 1.82) is 0 Å². The van der Waals surface area contributed by atoms with Gasteiger partial charge in [0.2, 0.25) is 0 Å². The number of hydrogen-bond acceptors (Lipinski definition) is 6. The summed E-state index contributed by atoms with van der Waals surface area (Å²) in [6.45, 7) is 2.62. The van der Waals surface area contributed by atoms with Crippen LogP contribution in [0.5, 0.6) is 17.2 Å². The van der Waals surface area contributed by atoms with Gasteiger partial charge in [-0.1, -0.05) is 38.3 Å². The number of benzene rings is 2. The number of carboxylic acid groups (broad SMARTS) is 2. The van der Waals surface area contributed by atoms with E-state index in [2.05, 4.69) is 6.92 Å². The quantitative estimate of drug-likeness (QED) is 0.292. The highest BCUT2D eigenvalue weighted by molar-refractivity contribution is 6.00. The van der Waals surface area contributed by atoms with Crippen molar-refractivity contribution >= 4 is 17.7 Å². The average molecular weight is 513 g/mol. The van der Waals surface area contributed by atoms with Crippen molar-refractivity contribution in [3.8, 4) is 17.2 Å². The first-order valence-corrected chi connectivity index (χ1v) is 13.0. The van der Waals surface area contributed by atoms with Gasteiger partial charge in [-0.3, -0.25) is 9.59 Å². The Morgan fingerprint density at radius 1 is 0.892 bits per heavy atom. The molecular weight excluding hydrogens is 476 g/mol. The number of fused-ring (bicyclic) bond motifs is 1. The highest BCUT2D eigenvalue weighted by Gasteiger charge is 2.23. The van der Waals surface area contributed by atoms with Gasteiger partial charge in [0.15, 0.2) is 12.4 Å². The third-order valence-electron chi connectivity index (χ3n) is 6.36. The van der Waals surface area contributed by atoms with Crippen molar-refractivity contribution in [2.45, 2.75) is 71.1 Å². The van der Waals surface area contributed by atoms with Crippen LogP contribution in [0.2, 0.25) is 0 Å². The van der Waals surface area contributed by atoms with Crippen LogP contribution in [0, 0.1) is 0 Å². The summed E-state index contributed by atoms with van der Waals surface area (Å²) in [6.07, 6.45) is 6.91. The fourth-order valence-corrected chi connectivity index (χ4v) is 4.59. The molecule has 2 aromatic carbocycles. The van der Waals surface area contributed by atoms with Gasteiger partial charge >= 0.3 is 11.9 Å². The minimum Gasteiger partial charge on any atom is -0.493 e. The molecule has 0 saturated heterocycles. The van der Waals surface area contributed by atoms with Crippen LogP contribution in [0.4, 0.5) is 0 Å². The molecule has 0 fully saturated rings. The molecule has 0 saturated carbocycles. The lowest BCUT2D eigenvalue weighted by Crippen LogP contribution is -2.17. The van der Waals surface area contributed by atoms with E-state index in [1.165, 1.54) is 0 Å². The zero-order chi connectivity index (χ0) is 26.6. The Hall–Kier alpha value is -3.55. The summed E-state index contributed by atoms with van der Waals surface area (Å²) in [5.41, 5.74) is 3.40. The Labute approximate surface area is 217 Å². The van der Waals surface area contributed by atoms with Crippen molar-refractivity contribution < 1.29 is 38.8 Å². The molecule has 37 heavy (non-hydrogen) atoms. The maximum atomic E-state index is 12.2. The lowest BCUT2D eigenvalue weighted by Gasteiger charge is -2.22. The summed E-state index contributed by atoms with van der Waals surface area (Å²) in [6, 6.07) is 9.14. The molecule has 0 aliphatic carbocycles. The highest BCUT2D eigenvalue weighted by Crippen LogP contribution is 2.36. The second-order valence-corrected chi connectivity index (χ2v) is 9.17. The van der Waals surface area contributed by atoms with E-state index in [1.807, 2.05) is 24.3 Å². The molecule has 2 aromatic rings. The van der Waals surface area contributed by atoms with E-state index in [4.69, 9.17) is 24.4 Å².